The van der Waals surface area contributed by atoms with Gasteiger partial charge in [-0.2, -0.15) is 0 Å². The van der Waals surface area contributed by atoms with Crippen LogP contribution in [0.1, 0.15) is 46.4 Å². The van der Waals surface area contributed by atoms with Crippen LogP contribution in [0.4, 0.5) is 4.39 Å². The third-order valence-electron chi connectivity index (χ3n) is 4.62. The molecule has 0 bridgehead atoms. The molecule has 4 nitrogen and oxygen atoms in total. The number of nitrogens with zero attached hydrogens (tertiary/aromatic N) is 1. The Kier molecular flexibility index (Phi) is 4.95. The first-order chi connectivity index (χ1) is 12.9. The van der Waals surface area contributed by atoms with Crippen molar-refractivity contribution in [1.29, 1.82) is 0 Å². The summed E-state index contributed by atoms with van der Waals surface area (Å²) in [6, 6.07) is 12.9. The van der Waals surface area contributed by atoms with E-state index in [4.69, 9.17) is 0 Å². The van der Waals surface area contributed by atoms with E-state index in [1.807, 2.05) is 45.0 Å². The van der Waals surface area contributed by atoms with Crippen molar-refractivity contribution in [2.75, 3.05) is 0 Å². The Hall–Kier alpha value is -3.21. The number of hydrogen-bond acceptors (Lipinski definition) is 2. The zero-order valence-electron chi connectivity index (χ0n) is 15.4. The molecule has 27 heavy (non-hydrogen) atoms. The van der Waals surface area contributed by atoms with Gasteiger partial charge in [0.25, 0.3) is 0 Å². The maximum absolute atomic E-state index is 13.4. The molecular weight excluding hydrogens is 345 g/mol. The zero-order valence-corrected chi connectivity index (χ0v) is 15.4. The Morgan fingerprint density at radius 1 is 1.07 bits per heavy atom. The lowest BCUT2D eigenvalue weighted by molar-refractivity contribution is 0.0684. The van der Waals surface area contributed by atoms with Crippen LogP contribution >= 0.6 is 0 Å². The Morgan fingerprint density at radius 2 is 1.70 bits per heavy atom. The second-order valence-electron chi connectivity index (χ2n) is 6.69. The van der Waals surface area contributed by atoms with Gasteiger partial charge in [-0.05, 0) is 49.6 Å². The van der Waals surface area contributed by atoms with Gasteiger partial charge in [-0.3, -0.25) is 4.79 Å². The summed E-state index contributed by atoms with van der Waals surface area (Å²) >= 11 is 0. The number of aldehydes is 1. The highest BCUT2D eigenvalue weighted by atomic mass is 19.1. The fourth-order valence-electron chi connectivity index (χ4n) is 3.49. The molecule has 0 radical (unpaired) electrons. The van der Waals surface area contributed by atoms with Crippen molar-refractivity contribution in [2.45, 2.75) is 26.8 Å². The minimum absolute atomic E-state index is 0.0562. The number of carboxylic acids is 1. The van der Waals surface area contributed by atoms with Crippen LogP contribution in [0.5, 0.6) is 0 Å². The number of aromatic nitrogens is 1. The first kappa shape index (κ1) is 18.6. The van der Waals surface area contributed by atoms with Gasteiger partial charge < -0.3 is 9.67 Å². The van der Waals surface area contributed by atoms with Gasteiger partial charge in [-0.15, -0.1) is 0 Å². The standard InChI is InChI=1S/C22H20FNO3/c1-13(2)24-18(12-25)19(15-8-10-16(23)11-9-15)20(21(24)22(26)27)17-7-5-4-6-14(17)3/h4-13H,1-3H3,(H,26,27). The monoisotopic (exact) mass is 365 g/mol. The summed E-state index contributed by atoms with van der Waals surface area (Å²) in [5.41, 5.74) is 3.53. The van der Waals surface area contributed by atoms with Crippen molar-refractivity contribution in [3.63, 3.8) is 0 Å². The highest BCUT2D eigenvalue weighted by Gasteiger charge is 2.30. The Labute approximate surface area is 156 Å². The van der Waals surface area contributed by atoms with E-state index >= 15 is 0 Å². The van der Waals surface area contributed by atoms with Crippen molar-refractivity contribution in [1.82, 2.24) is 4.57 Å². The van der Waals surface area contributed by atoms with Crippen LogP contribution in [0.25, 0.3) is 22.3 Å². The van der Waals surface area contributed by atoms with Crippen LogP contribution in [-0.2, 0) is 0 Å². The van der Waals surface area contributed by atoms with Crippen LogP contribution in [0.3, 0.4) is 0 Å². The van der Waals surface area contributed by atoms with E-state index in [0.717, 1.165) is 11.1 Å². The molecule has 0 aliphatic carbocycles. The average Bonchev–Trinajstić information content (AvgIpc) is 2.98. The number of aromatic carboxylic acids is 1. The smallest absolute Gasteiger partial charge is 0.353 e. The average molecular weight is 365 g/mol. The molecule has 3 rings (SSSR count). The van der Waals surface area contributed by atoms with Gasteiger partial charge in [0.05, 0.1) is 5.69 Å². The topological polar surface area (TPSA) is 59.3 Å². The number of rotatable bonds is 5. The molecule has 0 aliphatic heterocycles. The summed E-state index contributed by atoms with van der Waals surface area (Å²) in [6.07, 6.45) is 0.674. The Bertz CT molecular complexity index is 1020. The van der Waals surface area contributed by atoms with E-state index in [1.54, 1.807) is 12.1 Å². The molecule has 0 spiro atoms. The third-order valence-corrected chi connectivity index (χ3v) is 4.62. The molecule has 0 fully saturated rings. The normalized spacial score (nSPS) is 11.0. The van der Waals surface area contributed by atoms with Crippen LogP contribution in [0.2, 0.25) is 0 Å². The summed E-state index contributed by atoms with van der Waals surface area (Å²) < 4.78 is 15.0. The van der Waals surface area contributed by atoms with E-state index in [9.17, 15) is 19.1 Å². The SMILES string of the molecule is Cc1ccccc1-c1c(-c2ccc(F)cc2)c(C=O)n(C(C)C)c1C(=O)O. The lowest BCUT2D eigenvalue weighted by atomic mass is 9.92. The van der Waals surface area contributed by atoms with Crippen molar-refractivity contribution < 1.29 is 19.1 Å². The minimum atomic E-state index is -1.11. The predicted octanol–water partition coefficient (Wildman–Crippen LogP) is 5.36. The van der Waals surface area contributed by atoms with E-state index < -0.39 is 11.8 Å². The molecule has 0 unspecified atom stereocenters. The molecule has 0 aliphatic rings. The van der Waals surface area contributed by atoms with E-state index in [2.05, 4.69) is 0 Å². The Morgan fingerprint density at radius 3 is 2.22 bits per heavy atom. The van der Waals surface area contributed by atoms with Gasteiger partial charge in [0, 0.05) is 17.2 Å². The molecule has 0 atom stereocenters. The fourth-order valence-corrected chi connectivity index (χ4v) is 3.49. The summed E-state index contributed by atoms with van der Waals surface area (Å²) in [7, 11) is 0. The van der Waals surface area contributed by atoms with Gasteiger partial charge in [0.15, 0.2) is 6.29 Å². The number of carbonyl (C=O) groups excluding carboxylic acids is 1. The lowest BCUT2D eigenvalue weighted by Crippen LogP contribution is -2.14. The molecule has 0 amide bonds. The van der Waals surface area contributed by atoms with Gasteiger partial charge in [0.1, 0.15) is 11.5 Å². The quantitative estimate of drug-likeness (QED) is 0.619. The summed E-state index contributed by atoms with van der Waals surface area (Å²) in [5.74, 6) is -1.51. The fraction of sp³-hybridized carbons (Fsp3) is 0.182. The van der Waals surface area contributed by atoms with Crippen molar-refractivity contribution in [2.24, 2.45) is 0 Å². The van der Waals surface area contributed by atoms with E-state index in [0.29, 0.717) is 23.0 Å². The molecule has 1 aromatic heterocycles. The molecule has 3 aromatic rings. The maximum atomic E-state index is 13.4. The maximum Gasteiger partial charge on any atom is 0.353 e. The Balaban J connectivity index is 2.52. The molecule has 2 aromatic carbocycles. The number of halogens is 1. The minimum Gasteiger partial charge on any atom is -0.477 e. The van der Waals surface area contributed by atoms with Crippen molar-refractivity contribution >= 4 is 12.3 Å². The van der Waals surface area contributed by atoms with Crippen LogP contribution < -0.4 is 0 Å². The summed E-state index contributed by atoms with van der Waals surface area (Å²) in [4.78, 5) is 24.2. The number of hydrogen-bond donors (Lipinski definition) is 1. The van der Waals surface area contributed by atoms with Crippen molar-refractivity contribution in [3.05, 3.63) is 71.3 Å². The first-order valence-corrected chi connectivity index (χ1v) is 8.65. The van der Waals surface area contributed by atoms with Crippen LogP contribution in [0.15, 0.2) is 48.5 Å². The number of carbonyl (C=O) groups is 2. The number of aryl methyl sites for hydroxylation is 1. The van der Waals surface area contributed by atoms with E-state index in [-0.39, 0.29) is 17.4 Å². The zero-order chi connectivity index (χ0) is 19.7. The molecule has 0 saturated heterocycles. The highest BCUT2D eigenvalue weighted by molar-refractivity contribution is 6.06. The molecule has 5 heteroatoms. The summed E-state index contributed by atoms with van der Waals surface area (Å²) in [6.45, 7) is 5.55. The number of benzene rings is 2. The van der Waals surface area contributed by atoms with Gasteiger partial charge in [-0.1, -0.05) is 36.4 Å². The third kappa shape index (κ3) is 3.16. The second kappa shape index (κ2) is 7.19. The number of carboxylic acid groups (broad SMARTS) is 1. The molecular formula is C22H20FNO3. The van der Waals surface area contributed by atoms with Gasteiger partial charge in [-0.25, -0.2) is 9.18 Å². The highest BCUT2D eigenvalue weighted by Crippen LogP contribution is 2.42. The first-order valence-electron chi connectivity index (χ1n) is 8.65. The largest absolute Gasteiger partial charge is 0.477 e. The van der Waals surface area contributed by atoms with E-state index in [1.165, 1.54) is 16.7 Å². The van der Waals surface area contributed by atoms with Crippen molar-refractivity contribution in [3.8, 4) is 22.3 Å². The predicted molar refractivity (Wildman–Crippen MR) is 103 cm³/mol. The molecule has 138 valence electrons. The molecule has 0 saturated carbocycles. The van der Waals surface area contributed by atoms with Gasteiger partial charge >= 0.3 is 5.97 Å². The van der Waals surface area contributed by atoms with Gasteiger partial charge in [0.2, 0.25) is 0 Å². The molecule has 1 heterocycles. The molecule has 1 N–H and O–H groups in total. The van der Waals surface area contributed by atoms with Crippen LogP contribution in [0, 0.1) is 12.7 Å². The lowest BCUT2D eigenvalue weighted by Gasteiger charge is -2.13. The summed E-state index contributed by atoms with van der Waals surface area (Å²) in [5, 5.41) is 9.98. The van der Waals surface area contributed by atoms with Crippen LogP contribution in [-0.4, -0.2) is 21.9 Å². The second-order valence-corrected chi connectivity index (χ2v) is 6.69.